The van der Waals surface area contributed by atoms with Crippen LogP contribution in [0.15, 0.2) is 36.5 Å². The van der Waals surface area contributed by atoms with Gasteiger partial charge in [-0.1, -0.05) is 166 Å². The van der Waals surface area contributed by atoms with Crippen LogP contribution in [-0.4, -0.2) is 0 Å². The zero-order valence-corrected chi connectivity index (χ0v) is 27.7. The van der Waals surface area contributed by atoms with E-state index in [1.165, 1.54) is 76.2 Å². The molecule has 0 spiro atoms. The van der Waals surface area contributed by atoms with Gasteiger partial charge in [-0.2, -0.15) is 0 Å². The third-order valence-electron chi connectivity index (χ3n) is 6.25. The average Bonchev–Trinajstić information content (AvgIpc) is 2.90. The summed E-state index contributed by atoms with van der Waals surface area (Å²) < 4.78 is 0. The number of hydrogen-bond acceptors (Lipinski definition) is 0. The van der Waals surface area contributed by atoms with Crippen LogP contribution in [0.25, 0.3) is 0 Å². The van der Waals surface area contributed by atoms with Gasteiger partial charge in [0.2, 0.25) is 0 Å². The van der Waals surface area contributed by atoms with Gasteiger partial charge < -0.3 is 0 Å². The van der Waals surface area contributed by atoms with Crippen LogP contribution in [-0.2, 0) is 0 Å². The van der Waals surface area contributed by atoms with E-state index in [0.717, 1.165) is 11.8 Å². The summed E-state index contributed by atoms with van der Waals surface area (Å²) in [6, 6.07) is 0. The van der Waals surface area contributed by atoms with E-state index in [0.29, 0.717) is 11.8 Å². The summed E-state index contributed by atoms with van der Waals surface area (Å²) in [6.07, 6.45) is 28.2. The van der Waals surface area contributed by atoms with E-state index in [-0.39, 0.29) is 7.43 Å². The zero-order valence-electron chi connectivity index (χ0n) is 27.7. The maximum Gasteiger partial charge on any atom is 0.0202 e. The third-order valence-corrected chi connectivity index (χ3v) is 6.25. The van der Waals surface area contributed by atoms with Gasteiger partial charge in [-0.15, -0.1) is 12.3 Å². The first-order valence-electron chi connectivity index (χ1n) is 15.7. The predicted molar refractivity (Wildman–Crippen MR) is 181 cm³/mol. The Balaban J connectivity index is -0.0000000859. The summed E-state index contributed by atoms with van der Waals surface area (Å²) in [6.45, 7) is 32.0. The minimum atomic E-state index is 0. The second-order valence-corrected chi connectivity index (χ2v) is 9.51. The van der Waals surface area contributed by atoms with Gasteiger partial charge in [0.15, 0.2) is 0 Å². The Morgan fingerprint density at radius 1 is 0.784 bits per heavy atom. The molecule has 0 bridgehead atoms. The molecule has 0 amide bonds. The van der Waals surface area contributed by atoms with E-state index in [1.54, 1.807) is 0 Å². The van der Waals surface area contributed by atoms with Crippen molar-refractivity contribution in [3.05, 3.63) is 36.5 Å². The summed E-state index contributed by atoms with van der Waals surface area (Å²) in [7, 11) is 0. The molecule has 37 heavy (non-hydrogen) atoms. The molecule has 0 N–H and O–H groups in total. The lowest BCUT2D eigenvalue weighted by Crippen LogP contribution is -2.15. The van der Waals surface area contributed by atoms with Crippen LogP contribution >= 0.6 is 0 Å². The van der Waals surface area contributed by atoms with Crippen molar-refractivity contribution in [2.45, 2.75) is 168 Å². The Morgan fingerprint density at radius 3 is 1.43 bits per heavy atom. The van der Waals surface area contributed by atoms with Crippen molar-refractivity contribution in [3.63, 3.8) is 0 Å². The zero-order chi connectivity index (χ0) is 29.2. The van der Waals surface area contributed by atoms with E-state index in [4.69, 9.17) is 6.42 Å². The highest BCUT2D eigenvalue weighted by Gasteiger charge is 2.16. The number of terminal acetylenes is 1. The van der Waals surface area contributed by atoms with Crippen LogP contribution < -0.4 is 0 Å². The normalized spacial score (nSPS) is 12.4. The molecule has 0 aromatic carbocycles. The number of rotatable bonds is 14. The number of allylic oxidation sites excluding steroid dienone is 5. The summed E-state index contributed by atoms with van der Waals surface area (Å²) >= 11 is 0. The molecular formula is C37H76. The quantitative estimate of drug-likeness (QED) is 0.0924. The first kappa shape index (κ1) is 48.8. The molecule has 0 aliphatic rings. The summed E-state index contributed by atoms with van der Waals surface area (Å²) in [4.78, 5) is 0. The Labute approximate surface area is 240 Å². The molecule has 0 saturated heterocycles. The molecule has 0 aliphatic carbocycles. The van der Waals surface area contributed by atoms with Crippen LogP contribution in [0.1, 0.15) is 168 Å². The highest BCUT2D eigenvalue weighted by atomic mass is 14.2. The molecule has 0 aliphatic heterocycles. The van der Waals surface area contributed by atoms with Crippen molar-refractivity contribution in [1.82, 2.24) is 0 Å². The van der Waals surface area contributed by atoms with Crippen molar-refractivity contribution in [2.75, 3.05) is 0 Å². The highest BCUT2D eigenvalue weighted by Crippen LogP contribution is 2.23. The van der Waals surface area contributed by atoms with Crippen molar-refractivity contribution < 1.29 is 0 Å². The van der Waals surface area contributed by atoms with E-state index in [9.17, 15) is 0 Å². The second kappa shape index (κ2) is 44.8. The van der Waals surface area contributed by atoms with Crippen LogP contribution in [0, 0.1) is 36.0 Å². The largest absolute Gasteiger partial charge is 0.120 e. The van der Waals surface area contributed by atoms with Crippen LogP contribution in [0.5, 0.6) is 0 Å². The Hall–Kier alpha value is -1.22. The minimum Gasteiger partial charge on any atom is -0.120 e. The molecule has 0 nitrogen and oxygen atoms in total. The van der Waals surface area contributed by atoms with Gasteiger partial charge in [-0.25, -0.2) is 0 Å². The molecule has 3 atom stereocenters. The minimum absolute atomic E-state index is 0. The van der Waals surface area contributed by atoms with E-state index >= 15 is 0 Å². The fourth-order valence-corrected chi connectivity index (χ4v) is 4.01. The van der Waals surface area contributed by atoms with Gasteiger partial charge in [-0.05, 0) is 55.9 Å². The van der Waals surface area contributed by atoms with Crippen LogP contribution in [0.3, 0.4) is 0 Å². The smallest absolute Gasteiger partial charge is 0.0202 e. The lowest BCUT2D eigenvalue weighted by molar-refractivity contribution is 0.310. The average molecular weight is 521 g/mol. The first-order chi connectivity index (χ1) is 17.3. The van der Waals surface area contributed by atoms with E-state index in [1.807, 2.05) is 19.9 Å². The number of unbranched alkanes of at least 4 members (excludes halogenated alkanes) is 4. The molecule has 0 heterocycles. The predicted octanol–water partition coefficient (Wildman–Crippen LogP) is 13.9. The van der Waals surface area contributed by atoms with Gasteiger partial charge in [0.05, 0.1) is 0 Å². The van der Waals surface area contributed by atoms with Gasteiger partial charge in [-0.3, -0.25) is 0 Å². The maximum absolute atomic E-state index is 5.34. The molecule has 0 aromatic rings. The molecule has 3 unspecified atom stereocenters. The Kier molecular flexibility index (Phi) is 59.0. The fraction of sp³-hybridized carbons (Fsp3) is 0.784. The van der Waals surface area contributed by atoms with Crippen LogP contribution in [0.2, 0.25) is 0 Å². The fourth-order valence-electron chi connectivity index (χ4n) is 4.01. The van der Waals surface area contributed by atoms with Crippen molar-refractivity contribution in [1.29, 1.82) is 0 Å². The van der Waals surface area contributed by atoms with Gasteiger partial charge >= 0.3 is 0 Å². The van der Waals surface area contributed by atoms with E-state index in [2.05, 4.69) is 107 Å². The highest BCUT2D eigenvalue weighted by molar-refractivity contribution is 5.18. The standard InChI is InChI=1S/C11H20.C10H18.C7H16.C6H12.C2H6.CH4/c1-5-9-11(8-4)10(6-2)7-3;1-6-9(5)10(7-2)8(3)4;1-3-5-7-6-4-2;1-3-5-6-4-2;1-2;/h6-7,11H,2,5,8-9H2,1,3-4H3;1,8-10H,7H2,2-5H3;3-7H2,1-2H3;5-6H,3-4H2,1-2H3;1-2H3;1H4/b10-7+;;;;;. The molecule has 0 heteroatoms. The van der Waals surface area contributed by atoms with Crippen molar-refractivity contribution in [2.24, 2.45) is 23.7 Å². The topological polar surface area (TPSA) is 0 Å². The molecular weight excluding hydrogens is 444 g/mol. The third kappa shape index (κ3) is 39.4. The number of hydrogen-bond donors (Lipinski definition) is 0. The van der Waals surface area contributed by atoms with Crippen molar-refractivity contribution in [3.8, 4) is 12.3 Å². The van der Waals surface area contributed by atoms with Crippen molar-refractivity contribution >= 4 is 0 Å². The summed E-state index contributed by atoms with van der Waals surface area (Å²) in [5, 5.41) is 0. The lowest BCUT2D eigenvalue weighted by Gasteiger charge is -2.21. The Bertz CT molecular complexity index is 461. The molecule has 0 fully saturated rings. The Morgan fingerprint density at radius 2 is 1.24 bits per heavy atom. The van der Waals surface area contributed by atoms with E-state index < -0.39 is 0 Å². The molecule has 0 saturated carbocycles. The van der Waals surface area contributed by atoms with Gasteiger partial charge in [0.25, 0.3) is 0 Å². The second-order valence-electron chi connectivity index (χ2n) is 9.51. The molecule has 0 aromatic heterocycles. The molecule has 224 valence electrons. The molecule has 0 rings (SSSR count). The summed E-state index contributed by atoms with van der Waals surface area (Å²) in [5.41, 5.74) is 1.41. The maximum atomic E-state index is 5.34. The summed E-state index contributed by atoms with van der Waals surface area (Å²) in [5.74, 6) is 5.39. The van der Waals surface area contributed by atoms with Gasteiger partial charge in [0.1, 0.15) is 0 Å². The lowest BCUT2D eigenvalue weighted by atomic mass is 9.83. The monoisotopic (exact) mass is 521 g/mol. The van der Waals surface area contributed by atoms with Gasteiger partial charge in [0, 0.05) is 5.92 Å². The SMILES string of the molecule is C.C#CC(C)C(CC)C(C)C.C=C/C(=C\C)C(CC)CCC.CC.CCC=CCC.CCCCCCC. The first-order valence-corrected chi connectivity index (χ1v) is 15.7. The van der Waals surface area contributed by atoms with Crippen LogP contribution in [0.4, 0.5) is 0 Å². The molecule has 0 radical (unpaired) electrons.